The van der Waals surface area contributed by atoms with E-state index in [0.29, 0.717) is 22.8 Å². The van der Waals surface area contributed by atoms with Crippen LogP contribution in [0.4, 0.5) is 4.39 Å². The van der Waals surface area contributed by atoms with Gasteiger partial charge in [-0.25, -0.2) is 9.82 Å². The van der Waals surface area contributed by atoms with E-state index in [0.717, 1.165) is 16.7 Å². The summed E-state index contributed by atoms with van der Waals surface area (Å²) in [6.07, 6.45) is 1.50. The second-order valence-corrected chi connectivity index (χ2v) is 7.77. The van der Waals surface area contributed by atoms with Gasteiger partial charge in [-0.15, -0.1) is 0 Å². The molecule has 0 atom stereocenters. The van der Waals surface area contributed by atoms with Crippen LogP contribution in [0.25, 0.3) is 11.1 Å². The zero-order valence-corrected chi connectivity index (χ0v) is 19.7. The van der Waals surface area contributed by atoms with Gasteiger partial charge in [0.15, 0.2) is 18.1 Å². The van der Waals surface area contributed by atoms with Crippen molar-refractivity contribution in [3.63, 3.8) is 0 Å². The molecule has 0 aromatic heterocycles. The molecule has 1 amide bonds. The van der Waals surface area contributed by atoms with Gasteiger partial charge in [-0.2, -0.15) is 5.10 Å². The van der Waals surface area contributed by atoms with Crippen LogP contribution in [0, 0.1) is 5.82 Å². The van der Waals surface area contributed by atoms with E-state index >= 15 is 0 Å². The monoisotopic (exact) mass is 484 g/mol. The van der Waals surface area contributed by atoms with Crippen LogP contribution in [0.15, 0.2) is 102 Å². The van der Waals surface area contributed by atoms with Crippen molar-refractivity contribution in [2.75, 3.05) is 13.7 Å². The molecule has 0 aliphatic carbocycles. The topological polar surface area (TPSA) is 69.2 Å². The fourth-order valence-corrected chi connectivity index (χ4v) is 3.43. The van der Waals surface area contributed by atoms with Crippen LogP contribution in [0.5, 0.6) is 17.2 Å². The molecule has 6 nitrogen and oxygen atoms in total. The number of amides is 1. The lowest BCUT2D eigenvalue weighted by Gasteiger charge is -2.11. The Morgan fingerprint density at radius 3 is 2.39 bits per heavy atom. The van der Waals surface area contributed by atoms with Crippen LogP contribution < -0.4 is 19.6 Å². The lowest BCUT2D eigenvalue weighted by molar-refractivity contribution is -0.123. The van der Waals surface area contributed by atoms with E-state index in [4.69, 9.17) is 14.2 Å². The van der Waals surface area contributed by atoms with Crippen molar-refractivity contribution in [3.05, 3.63) is 114 Å². The third kappa shape index (κ3) is 6.70. The maximum atomic E-state index is 13.1. The third-order valence-electron chi connectivity index (χ3n) is 5.23. The average molecular weight is 485 g/mol. The van der Waals surface area contributed by atoms with Gasteiger partial charge in [0.05, 0.1) is 13.3 Å². The Morgan fingerprint density at radius 1 is 0.861 bits per heavy atom. The highest BCUT2D eigenvalue weighted by Gasteiger charge is 2.09. The fourth-order valence-electron chi connectivity index (χ4n) is 3.43. The molecule has 0 aliphatic rings. The summed E-state index contributed by atoms with van der Waals surface area (Å²) in [4.78, 5) is 12.3. The summed E-state index contributed by atoms with van der Waals surface area (Å²) in [6.45, 7) is 0.0915. The molecule has 0 spiro atoms. The Bertz CT molecular complexity index is 1320. The smallest absolute Gasteiger partial charge is 0.277 e. The van der Waals surface area contributed by atoms with Crippen molar-refractivity contribution >= 4 is 12.1 Å². The lowest BCUT2D eigenvalue weighted by Crippen LogP contribution is -2.24. The molecule has 36 heavy (non-hydrogen) atoms. The first kappa shape index (κ1) is 24.5. The van der Waals surface area contributed by atoms with E-state index in [2.05, 4.69) is 10.5 Å². The highest BCUT2D eigenvalue weighted by molar-refractivity contribution is 5.84. The molecule has 4 aromatic rings. The van der Waals surface area contributed by atoms with Gasteiger partial charge in [0.2, 0.25) is 0 Å². The standard InChI is InChI=1S/C29H25FN2O4/c1-34-28-17-22(13-16-27(28)35-19-21-11-14-24(30)15-12-21)18-31-32-29(33)20-36-26-10-6-5-9-25(26)23-7-3-2-4-8-23/h2-18H,19-20H2,1H3,(H,32,33). The summed E-state index contributed by atoms with van der Waals surface area (Å²) in [5, 5.41) is 4.00. The normalized spacial score (nSPS) is 10.7. The first-order valence-electron chi connectivity index (χ1n) is 11.3. The largest absolute Gasteiger partial charge is 0.493 e. The number of benzene rings is 4. The Morgan fingerprint density at radius 2 is 1.61 bits per heavy atom. The second-order valence-electron chi connectivity index (χ2n) is 7.77. The number of carbonyl (C=O) groups is 1. The molecule has 182 valence electrons. The SMILES string of the molecule is COc1cc(C=NNC(=O)COc2ccccc2-c2ccccc2)ccc1OCc1ccc(F)cc1. The van der Waals surface area contributed by atoms with Gasteiger partial charge < -0.3 is 14.2 Å². The summed E-state index contributed by atoms with van der Waals surface area (Å²) in [7, 11) is 1.54. The maximum absolute atomic E-state index is 13.1. The van der Waals surface area contributed by atoms with Gasteiger partial charge in [0, 0.05) is 5.56 Å². The molecule has 1 N–H and O–H groups in total. The molecule has 0 heterocycles. The minimum atomic E-state index is -0.389. The quantitative estimate of drug-likeness (QED) is 0.235. The number of nitrogens with zero attached hydrogens (tertiary/aromatic N) is 1. The van der Waals surface area contributed by atoms with Gasteiger partial charge in [0.25, 0.3) is 5.91 Å². The highest BCUT2D eigenvalue weighted by Crippen LogP contribution is 2.30. The Balaban J connectivity index is 1.31. The number of para-hydroxylation sites is 1. The molecule has 0 unspecified atom stereocenters. The predicted octanol–water partition coefficient (Wildman–Crippen LogP) is 5.61. The van der Waals surface area contributed by atoms with E-state index in [1.54, 1.807) is 30.3 Å². The van der Waals surface area contributed by atoms with Crippen molar-refractivity contribution in [1.82, 2.24) is 5.43 Å². The van der Waals surface area contributed by atoms with Crippen molar-refractivity contribution < 1.29 is 23.4 Å². The van der Waals surface area contributed by atoms with Crippen LogP contribution >= 0.6 is 0 Å². The molecule has 0 saturated carbocycles. The van der Waals surface area contributed by atoms with Crippen LogP contribution in [-0.4, -0.2) is 25.8 Å². The Labute approximate surface area is 209 Å². The van der Waals surface area contributed by atoms with E-state index in [9.17, 15) is 9.18 Å². The van der Waals surface area contributed by atoms with E-state index < -0.39 is 0 Å². The molecular formula is C29H25FN2O4. The summed E-state index contributed by atoms with van der Waals surface area (Å²) < 4.78 is 30.0. The summed E-state index contributed by atoms with van der Waals surface area (Å²) in [6, 6.07) is 28.7. The molecule has 0 aliphatic heterocycles. The van der Waals surface area contributed by atoms with Gasteiger partial charge in [0.1, 0.15) is 18.2 Å². The summed E-state index contributed by atoms with van der Waals surface area (Å²) in [5.41, 5.74) is 5.92. The number of ether oxygens (including phenoxy) is 3. The van der Waals surface area contributed by atoms with Gasteiger partial charge in [-0.3, -0.25) is 4.79 Å². The van der Waals surface area contributed by atoms with Crippen LogP contribution in [-0.2, 0) is 11.4 Å². The minimum Gasteiger partial charge on any atom is -0.493 e. The first-order chi connectivity index (χ1) is 17.6. The van der Waals surface area contributed by atoms with Gasteiger partial charge >= 0.3 is 0 Å². The number of rotatable bonds is 10. The molecule has 0 saturated heterocycles. The van der Waals surface area contributed by atoms with Crippen LogP contribution in [0.2, 0.25) is 0 Å². The molecule has 0 fully saturated rings. The number of hydrogen-bond donors (Lipinski definition) is 1. The Kier molecular flexibility index (Phi) is 8.27. The lowest BCUT2D eigenvalue weighted by atomic mass is 10.1. The molecular weight excluding hydrogens is 459 g/mol. The molecule has 4 rings (SSSR count). The number of halogens is 1. The first-order valence-corrected chi connectivity index (χ1v) is 11.3. The number of nitrogens with one attached hydrogen (secondary N) is 1. The van der Waals surface area contributed by atoms with Crippen molar-refractivity contribution in [2.45, 2.75) is 6.61 Å². The Hall–Kier alpha value is -4.65. The number of hydrogen-bond acceptors (Lipinski definition) is 5. The molecule has 0 radical (unpaired) electrons. The van der Waals surface area contributed by atoms with Crippen LogP contribution in [0.1, 0.15) is 11.1 Å². The average Bonchev–Trinajstić information content (AvgIpc) is 2.92. The van der Waals surface area contributed by atoms with Crippen molar-refractivity contribution in [3.8, 4) is 28.4 Å². The van der Waals surface area contributed by atoms with Crippen molar-refractivity contribution in [1.29, 1.82) is 0 Å². The van der Waals surface area contributed by atoms with Crippen LogP contribution in [0.3, 0.4) is 0 Å². The molecule has 0 bridgehead atoms. The summed E-state index contributed by atoms with van der Waals surface area (Å²) in [5.74, 6) is 0.974. The summed E-state index contributed by atoms with van der Waals surface area (Å²) >= 11 is 0. The zero-order chi connectivity index (χ0) is 25.2. The zero-order valence-electron chi connectivity index (χ0n) is 19.7. The van der Waals surface area contributed by atoms with E-state index in [1.807, 2.05) is 54.6 Å². The number of hydrazone groups is 1. The number of carbonyl (C=O) groups excluding carboxylic acids is 1. The van der Waals surface area contributed by atoms with Gasteiger partial charge in [-0.1, -0.05) is 60.7 Å². The van der Waals surface area contributed by atoms with E-state index in [1.165, 1.54) is 25.5 Å². The predicted molar refractivity (Wildman–Crippen MR) is 137 cm³/mol. The van der Waals surface area contributed by atoms with Gasteiger partial charge in [-0.05, 0) is 53.1 Å². The third-order valence-corrected chi connectivity index (χ3v) is 5.23. The maximum Gasteiger partial charge on any atom is 0.277 e. The van der Waals surface area contributed by atoms with E-state index in [-0.39, 0.29) is 24.9 Å². The molecule has 4 aromatic carbocycles. The minimum absolute atomic E-state index is 0.180. The van der Waals surface area contributed by atoms with Crippen molar-refractivity contribution in [2.24, 2.45) is 5.10 Å². The fraction of sp³-hybridized carbons (Fsp3) is 0.103. The highest BCUT2D eigenvalue weighted by atomic mass is 19.1. The number of methoxy groups -OCH3 is 1. The second kappa shape index (κ2) is 12.2. The molecule has 7 heteroatoms.